The smallest absolute Gasteiger partial charge is 0.341 e. The van der Waals surface area contributed by atoms with Gasteiger partial charge in [-0.2, -0.15) is 0 Å². The molecule has 0 aliphatic rings. The Morgan fingerprint density at radius 3 is 2.81 bits per heavy atom. The first kappa shape index (κ1) is 17.0. The van der Waals surface area contributed by atoms with Crippen LogP contribution < -0.4 is 10.1 Å². The van der Waals surface area contributed by atoms with Crippen LogP contribution in [0.5, 0.6) is 5.75 Å². The van der Waals surface area contributed by atoms with Gasteiger partial charge in [0.25, 0.3) is 0 Å². The van der Waals surface area contributed by atoms with E-state index in [-0.39, 0.29) is 18.6 Å². The lowest BCUT2D eigenvalue weighted by Gasteiger charge is -2.10. The van der Waals surface area contributed by atoms with Crippen LogP contribution in [0, 0.1) is 0 Å². The summed E-state index contributed by atoms with van der Waals surface area (Å²) in [6.07, 6.45) is 1.14. The molecular formula is C15H21NO5. The van der Waals surface area contributed by atoms with E-state index in [1.54, 1.807) is 25.3 Å². The van der Waals surface area contributed by atoms with Gasteiger partial charge in [0.2, 0.25) is 5.91 Å². The second-order valence-corrected chi connectivity index (χ2v) is 4.69. The van der Waals surface area contributed by atoms with Crippen molar-refractivity contribution in [3.8, 4) is 5.75 Å². The van der Waals surface area contributed by atoms with Crippen molar-refractivity contribution in [2.75, 3.05) is 13.7 Å². The predicted octanol–water partition coefficient (Wildman–Crippen LogP) is 1.58. The zero-order chi connectivity index (χ0) is 15.7. The van der Waals surface area contributed by atoms with Gasteiger partial charge in [-0.05, 0) is 31.0 Å². The molecule has 0 aliphatic carbocycles. The van der Waals surface area contributed by atoms with Crippen LogP contribution in [0.4, 0.5) is 0 Å². The minimum atomic E-state index is -1.03. The van der Waals surface area contributed by atoms with E-state index >= 15 is 0 Å². The van der Waals surface area contributed by atoms with E-state index in [1.807, 2.05) is 13.0 Å². The van der Waals surface area contributed by atoms with Gasteiger partial charge in [-0.3, -0.25) is 4.79 Å². The predicted molar refractivity (Wildman–Crippen MR) is 77.1 cm³/mol. The number of carbonyl (C=O) groups excluding carboxylic acids is 1. The van der Waals surface area contributed by atoms with Crippen molar-refractivity contribution in [3.63, 3.8) is 0 Å². The van der Waals surface area contributed by atoms with Crippen molar-refractivity contribution in [2.24, 2.45) is 0 Å². The number of carbonyl (C=O) groups is 2. The van der Waals surface area contributed by atoms with Gasteiger partial charge >= 0.3 is 5.97 Å². The molecule has 0 spiro atoms. The molecule has 0 aliphatic heterocycles. The number of rotatable bonds is 9. The van der Waals surface area contributed by atoms with Crippen molar-refractivity contribution in [2.45, 2.75) is 32.4 Å². The lowest BCUT2D eigenvalue weighted by Crippen LogP contribution is -2.23. The molecule has 0 aromatic heterocycles. The number of methoxy groups -OCH3 is 1. The molecule has 0 radical (unpaired) electrons. The summed E-state index contributed by atoms with van der Waals surface area (Å²) in [4.78, 5) is 22.1. The molecule has 0 saturated heterocycles. The third-order valence-electron chi connectivity index (χ3n) is 2.93. The summed E-state index contributed by atoms with van der Waals surface area (Å²) in [6.45, 7) is 1.91. The number of hydrogen-bond donors (Lipinski definition) is 2. The molecule has 6 nitrogen and oxygen atoms in total. The maximum Gasteiger partial charge on any atom is 0.341 e. The topological polar surface area (TPSA) is 84.9 Å². The Morgan fingerprint density at radius 1 is 1.38 bits per heavy atom. The molecule has 2 N–H and O–H groups in total. The maximum atomic E-state index is 11.7. The number of aliphatic carboxylic acids is 1. The second-order valence-electron chi connectivity index (χ2n) is 4.69. The van der Waals surface area contributed by atoms with Crippen LogP contribution in [-0.2, 0) is 20.9 Å². The Bertz CT molecular complexity index is 475. The van der Waals surface area contributed by atoms with Gasteiger partial charge in [0.15, 0.2) is 6.61 Å². The van der Waals surface area contributed by atoms with E-state index < -0.39 is 5.97 Å². The zero-order valence-corrected chi connectivity index (χ0v) is 12.3. The molecule has 0 heterocycles. The maximum absolute atomic E-state index is 11.7. The molecule has 116 valence electrons. The van der Waals surface area contributed by atoms with E-state index in [4.69, 9.17) is 14.6 Å². The number of carboxylic acids is 1. The van der Waals surface area contributed by atoms with E-state index in [0.717, 1.165) is 5.56 Å². The number of carboxylic acid groups (broad SMARTS) is 1. The van der Waals surface area contributed by atoms with Gasteiger partial charge in [0.1, 0.15) is 5.75 Å². The summed E-state index contributed by atoms with van der Waals surface area (Å²) >= 11 is 0. The molecular weight excluding hydrogens is 274 g/mol. The monoisotopic (exact) mass is 295 g/mol. The van der Waals surface area contributed by atoms with E-state index in [0.29, 0.717) is 25.1 Å². The highest BCUT2D eigenvalue weighted by Crippen LogP contribution is 2.13. The Balaban J connectivity index is 2.39. The molecule has 6 heteroatoms. The van der Waals surface area contributed by atoms with Crippen molar-refractivity contribution in [1.82, 2.24) is 5.32 Å². The summed E-state index contributed by atoms with van der Waals surface area (Å²) in [5, 5.41) is 11.4. The first-order valence-electron chi connectivity index (χ1n) is 6.74. The minimum Gasteiger partial charge on any atom is -0.482 e. The fraction of sp³-hybridized carbons (Fsp3) is 0.467. The standard InChI is InChI=1S/C15H21NO5/c1-11(20-2)6-7-14(17)16-9-12-4-3-5-13(8-12)21-10-15(18)19/h3-5,8,11H,6-7,9-10H2,1-2H3,(H,16,17)(H,18,19). The fourth-order valence-electron chi connectivity index (χ4n) is 1.63. The lowest BCUT2D eigenvalue weighted by atomic mass is 10.2. The highest BCUT2D eigenvalue weighted by molar-refractivity contribution is 5.75. The fourth-order valence-corrected chi connectivity index (χ4v) is 1.63. The first-order valence-corrected chi connectivity index (χ1v) is 6.74. The molecule has 1 amide bonds. The molecule has 0 saturated carbocycles. The molecule has 1 unspecified atom stereocenters. The molecule has 0 fully saturated rings. The van der Waals surface area contributed by atoms with E-state index in [2.05, 4.69) is 5.32 Å². The second kappa shape index (κ2) is 8.97. The SMILES string of the molecule is COC(C)CCC(=O)NCc1cccc(OCC(=O)O)c1. The Kier molecular flexibility index (Phi) is 7.25. The van der Waals surface area contributed by atoms with Crippen LogP contribution in [0.1, 0.15) is 25.3 Å². The highest BCUT2D eigenvalue weighted by Gasteiger charge is 2.06. The van der Waals surface area contributed by atoms with Crippen molar-refractivity contribution in [3.05, 3.63) is 29.8 Å². The van der Waals surface area contributed by atoms with Crippen LogP contribution in [0.15, 0.2) is 24.3 Å². The van der Waals surface area contributed by atoms with Gasteiger partial charge in [0.05, 0.1) is 6.10 Å². The van der Waals surface area contributed by atoms with Crippen LogP contribution in [-0.4, -0.2) is 36.8 Å². The highest BCUT2D eigenvalue weighted by atomic mass is 16.5. The molecule has 0 bridgehead atoms. The summed E-state index contributed by atoms with van der Waals surface area (Å²) in [7, 11) is 1.62. The van der Waals surface area contributed by atoms with E-state index in [1.165, 1.54) is 0 Å². The van der Waals surface area contributed by atoms with Crippen LogP contribution in [0.25, 0.3) is 0 Å². The number of amides is 1. The van der Waals surface area contributed by atoms with Gasteiger partial charge in [-0.25, -0.2) is 4.79 Å². The minimum absolute atomic E-state index is 0.0456. The lowest BCUT2D eigenvalue weighted by molar-refractivity contribution is -0.139. The summed E-state index contributed by atoms with van der Waals surface area (Å²) in [5.41, 5.74) is 0.853. The summed E-state index contributed by atoms with van der Waals surface area (Å²) < 4.78 is 10.2. The third-order valence-corrected chi connectivity index (χ3v) is 2.93. The average Bonchev–Trinajstić information content (AvgIpc) is 2.48. The van der Waals surface area contributed by atoms with Crippen LogP contribution >= 0.6 is 0 Å². The van der Waals surface area contributed by atoms with Gasteiger partial charge in [-0.1, -0.05) is 12.1 Å². The van der Waals surface area contributed by atoms with Gasteiger partial charge < -0.3 is 19.9 Å². The number of nitrogens with one attached hydrogen (secondary N) is 1. The number of ether oxygens (including phenoxy) is 2. The zero-order valence-electron chi connectivity index (χ0n) is 12.3. The summed E-state index contributed by atoms with van der Waals surface area (Å²) in [6, 6.07) is 6.98. The average molecular weight is 295 g/mol. The van der Waals surface area contributed by atoms with Crippen molar-refractivity contribution >= 4 is 11.9 Å². The van der Waals surface area contributed by atoms with Crippen molar-refractivity contribution < 1.29 is 24.2 Å². The van der Waals surface area contributed by atoms with Gasteiger partial charge in [0, 0.05) is 20.1 Å². The number of hydrogen-bond acceptors (Lipinski definition) is 4. The molecule has 1 aromatic carbocycles. The normalized spacial score (nSPS) is 11.7. The van der Waals surface area contributed by atoms with Gasteiger partial charge in [-0.15, -0.1) is 0 Å². The van der Waals surface area contributed by atoms with Crippen LogP contribution in [0.2, 0.25) is 0 Å². The number of benzene rings is 1. The largest absolute Gasteiger partial charge is 0.482 e. The summed E-state index contributed by atoms with van der Waals surface area (Å²) in [5.74, 6) is -0.603. The Labute approximate surface area is 124 Å². The quantitative estimate of drug-likeness (QED) is 0.722. The Morgan fingerprint density at radius 2 is 2.14 bits per heavy atom. The first-order chi connectivity index (χ1) is 10.0. The van der Waals surface area contributed by atoms with Crippen molar-refractivity contribution in [1.29, 1.82) is 0 Å². The Hall–Kier alpha value is -2.08. The molecule has 1 aromatic rings. The molecule has 1 rings (SSSR count). The van der Waals surface area contributed by atoms with E-state index in [9.17, 15) is 9.59 Å². The van der Waals surface area contributed by atoms with Crippen LogP contribution in [0.3, 0.4) is 0 Å². The molecule has 1 atom stereocenters. The molecule has 21 heavy (non-hydrogen) atoms. The third kappa shape index (κ3) is 7.31.